The number of hydrogen-bond acceptors (Lipinski definition) is 10. The van der Waals surface area contributed by atoms with Crippen molar-refractivity contribution < 1.29 is 27.9 Å². The number of fused-ring (bicyclic) bond motifs is 1. The number of anilines is 2. The molecule has 2 heterocycles. The molecule has 0 bridgehead atoms. The number of benzene rings is 1. The average Bonchev–Trinajstić information content (AvgIpc) is 3.33. The molecule has 0 spiro atoms. The third-order valence-electron chi connectivity index (χ3n) is 6.95. The molecule has 0 radical (unpaired) electrons. The van der Waals surface area contributed by atoms with Gasteiger partial charge in [-0.2, -0.15) is 5.26 Å². The number of nitrogens with zero attached hydrogens (tertiary/aromatic N) is 3. The SMILES string of the molecule is CC(=O)NCCNc1c(NCCCCOc2ccc3nccc(C(=O)NCC(=O)N4CC(F)(F)CC4C#N)c3c2)c(=O)c1=O. The summed E-state index contributed by atoms with van der Waals surface area (Å²) in [4.78, 5) is 65.0. The first-order chi connectivity index (χ1) is 21.0. The number of amides is 3. The summed E-state index contributed by atoms with van der Waals surface area (Å²) in [5, 5.41) is 20.4. The summed E-state index contributed by atoms with van der Waals surface area (Å²) in [6, 6.07) is 6.90. The lowest BCUT2D eigenvalue weighted by Gasteiger charge is -2.19. The Balaban J connectivity index is 1.26. The average molecular weight is 612 g/mol. The van der Waals surface area contributed by atoms with Gasteiger partial charge in [-0.1, -0.05) is 0 Å². The Morgan fingerprint density at radius 2 is 1.80 bits per heavy atom. The molecule has 232 valence electrons. The number of halogens is 2. The van der Waals surface area contributed by atoms with Crippen molar-refractivity contribution in [3.63, 3.8) is 0 Å². The van der Waals surface area contributed by atoms with Gasteiger partial charge >= 0.3 is 0 Å². The van der Waals surface area contributed by atoms with E-state index in [2.05, 4.69) is 26.3 Å². The number of alkyl halides is 2. The maximum atomic E-state index is 13.7. The minimum atomic E-state index is -3.15. The minimum Gasteiger partial charge on any atom is -0.494 e. The largest absolute Gasteiger partial charge is 0.494 e. The molecule has 1 unspecified atom stereocenters. The van der Waals surface area contributed by atoms with Gasteiger partial charge in [0.15, 0.2) is 0 Å². The van der Waals surface area contributed by atoms with Crippen LogP contribution in [-0.4, -0.2) is 78.9 Å². The zero-order valence-electron chi connectivity index (χ0n) is 23.9. The molecule has 1 atom stereocenters. The van der Waals surface area contributed by atoms with Gasteiger partial charge in [-0.05, 0) is 37.1 Å². The molecule has 13 nitrogen and oxygen atoms in total. The maximum absolute atomic E-state index is 13.7. The van der Waals surface area contributed by atoms with E-state index in [0.29, 0.717) is 55.7 Å². The van der Waals surface area contributed by atoms with Crippen LogP contribution < -0.4 is 36.9 Å². The molecule has 2 aromatic carbocycles. The molecule has 1 aromatic heterocycles. The van der Waals surface area contributed by atoms with E-state index in [4.69, 9.17) is 10.00 Å². The molecule has 4 rings (SSSR count). The van der Waals surface area contributed by atoms with Crippen LogP contribution in [0.4, 0.5) is 20.2 Å². The number of likely N-dealkylation sites (tertiary alicyclic amines) is 1. The molecule has 1 aliphatic heterocycles. The van der Waals surface area contributed by atoms with Crippen molar-refractivity contribution in [2.75, 3.05) is 50.0 Å². The zero-order chi connectivity index (χ0) is 31.9. The van der Waals surface area contributed by atoms with E-state index in [1.165, 1.54) is 19.2 Å². The number of carbonyl (C=O) groups excluding carboxylic acids is 3. The van der Waals surface area contributed by atoms with Crippen LogP contribution in [0.25, 0.3) is 10.9 Å². The minimum absolute atomic E-state index is 0.195. The number of nitriles is 1. The van der Waals surface area contributed by atoms with Gasteiger partial charge in [-0.3, -0.25) is 29.0 Å². The van der Waals surface area contributed by atoms with Crippen LogP contribution in [0, 0.1) is 11.3 Å². The third kappa shape index (κ3) is 7.63. The normalized spacial score (nSPS) is 15.5. The number of ether oxygens (including phenoxy) is 1. The molecule has 0 aliphatic carbocycles. The number of hydrogen-bond donors (Lipinski definition) is 4. The van der Waals surface area contributed by atoms with Gasteiger partial charge in [0.2, 0.25) is 11.8 Å². The van der Waals surface area contributed by atoms with Crippen LogP contribution >= 0.6 is 0 Å². The second-order valence-electron chi connectivity index (χ2n) is 10.2. The predicted octanol–water partition coefficient (Wildman–Crippen LogP) is 1.14. The lowest BCUT2D eigenvalue weighted by Crippen LogP contribution is -2.43. The van der Waals surface area contributed by atoms with Gasteiger partial charge in [-0.15, -0.1) is 0 Å². The molecular weight excluding hydrogens is 580 g/mol. The van der Waals surface area contributed by atoms with E-state index in [1.807, 2.05) is 0 Å². The highest BCUT2D eigenvalue weighted by atomic mass is 19.3. The Morgan fingerprint density at radius 1 is 1.07 bits per heavy atom. The Hall–Kier alpha value is -5.13. The fourth-order valence-electron chi connectivity index (χ4n) is 4.75. The summed E-state index contributed by atoms with van der Waals surface area (Å²) in [6.07, 6.45) is 1.92. The Labute approximate surface area is 250 Å². The Bertz CT molecular complexity index is 1660. The molecule has 3 aromatic rings. The standard InChI is InChI=1S/C29H31F2N7O6/c1-17(39)33-9-10-36-25-24(26(41)27(25)42)35-7-2-3-11-44-19-4-5-22-21(12-19)20(6-8-34-22)28(43)37-15-23(40)38-16-29(30,31)13-18(38)14-32/h4-6,8,12,18,35-36H,2-3,7,9-11,13,15-16H2,1H3,(H,33,39)(H,37,43). The third-order valence-corrected chi connectivity index (χ3v) is 6.95. The highest BCUT2D eigenvalue weighted by Gasteiger charge is 2.47. The second-order valence-corrected chi connectivity index (χ2v) is 10.2. The lowest BCUT2D eigenvalue weighted by molar-refractivity contribution is -0.131. The number of rotatable bonds is 14. The summed E-state index contributed by atoms with van der Waals surface area (Å²) < 4.78 is 33.2. The number of unbranched alkanes of at least 4 members (excludes halogenated alkanes) is 1. The van der Waals surface area contributed by atoms with Gasteiger partial charge in [-0.25, -0.2) is 8.78 Å². The first kappa shape index (κ1) is 31.8. The zero-order valence-corrected chi connectivity index (χ0v) is 23.9. The smallest absolute Gasteiger partial charge is 0.268 e. The highest BCUT2D eigenvalue weighted by molar-refractivity contribution is 6.07. The number of pyridine rings is 1. The molecule has 44 heavy (non-hydrogen) atoms. The topological polar surface area (TPSA) is 183 Å². The van der Waals surface area contributed by atoms with E-state index >= 15 is 0 Å². The summed E-state index contributed by atoms with van der Waals surface area (Å²) in [5.41, 5.74) is -0.0745. The number of nitrogens with one attached hydrogen (secondary N) is 4. The van der Waals surface area contributed by atoms with Crippen molar-refractivity contribution in [3.05, 3.63) is 56.5 Å². The van der Waals surface area contributed by atoms with Crippen molar-refractivity contribution in [2.24, 2.45) is 0 Å². The summed E-state index contributed by atoms with van der Waals surface area (Å²) in [7, 11) is 0. The Morgan fingerprint density at radius 3 is 2.50 bits per heavy atom. The van der Waals surface area contributed by atoms with Crippen molar-refractivity contribution >= 4 is 40.0 Å². The van der Waals surface area contributed by atoms with Crippen molar-refractivity contribution in [2.45, 2.75) is 38.2 Å². The number of carbonyl (C=O) groups is 3. The quantitative estimate of drug-likeness (QED) is 0.152. The molecular formula is C29H31F2N7O6. The van der Waals surface area contributed by atoms with Crippen molar-refractivity contribution in [1.82, 2.24) is 20.5 Å². The van der Waals surface area contributed by atoms with Crippen LogP contribution in [0.15, 0.2) is 40.1 Å². The number of aromatic nitrogens is 1. The van der Waals surface area contributed by atoms with E-state index in [1.54, 1.807) is 24.3 Å². The van der Waals surface area contributed by atoms with Gasteiger partial charge in [0.1, 0.15) is 23.2 Å². The summed E-state index contributed by atoms with van der Waals surface area (Å²) >= 11 is 0. The molecule has 15 heteroatoms. The van der Waals surface area contributed by atoms with Crippen molar-refractivity contribution in [3.8, 4) is 11.8 Å². The molecule has 0 saturated carbocycles. The van der Waals surface area contributed by atoms with Crippen LogP contribution in [0.5, 0.6) is 5.75 Å². The molecule has 4 N–H and O–H groups in total. The lowest BCUT2D eigenvalue weighted by atomic mass is 10.1. The molecule has 3 amide bonds. The van der Waals surface area contributed by atoms with Crippen LogP contribution in [-0.2, 0) is 9.59 Å². The highest BCUT2D eigenvalue weighted by Crippen LogP contribution is 2.31. The van der Waals surface area contributed by atoms with Gasteiger partial charge < -0.3 is 30.9 Å². The predicted molar refractivity (Wildman–Crippen MR) is 157 cm³/mol. The molecule has 1 aliphatic rings. The maximum Gasteiger partial charge on any atom is 0.268 e. The van der Waals surface area contributed by atoms with E-state index < -0.39 is 54.1 Å². The van der Waals surface area contributed by atoms with Gasteiger partial charge in [0, 0.05) is 44.6 Å². The van der Waals surface area contributed by atoms with E-state index in [-0.39, 0.29) is 22.8 Å². The van der Waals surface area contributed by atoms with Gasteiger partial charge in [0.25, 0.3) is 22.7 Å². The fourth-order valence-corrected chi connectivity index (χ4v) is 4.75. The summed E-state index contributed by atoms with van der Waals surface area (Å²) in [5.74, 6) is -4.28. The van der Waals surface area contributed by atoms with Crippen LogP contribution in [0.3, 0.4) is 0 Å². The first-order valence-corrected chi connectivity index (χ1v) is 13.9. The van der Waals surface area contributed by atoms with Crippen LogP contribution in [0.1, 0.15) is 36.5 Å². The fraction of sp³-hybridized carbons (Fsp3) is 0.414. The van der Waals surface area contributed by atoms with Crippen LogP contribution in [0.2, 0.25) is 0 Å². The van der Waals surface area contributed by atoms with Gasteiger partial charge in [0.05, 0.1) is 36.8 Å². The Kier molecular flexibility index (Phi) is 10.0. The van der Waals surface area contributed by atoms with Crippen molar-refractivity contribution in [1.29, 1.82) is 5.26 Å². The van der Waals surface area contributed by atoms with E-state index in [0.717, 1.165) is 4.90 Å². The first-order valence-electron chi connectivity index (χ1n) is 13.9. The monoisotopic (exact) mass is 611 g/mol. The summed E-state index contributed by atoms with van der Waals surface area (Å²) in [6.45, 7) is 1.32. The second kappa shape index (κ2) is 13.9. The molecule has 1 saturated heterocycles. The van der Waals surface area contributed by atoms with E-state index in [9.17, 15) is 32.8 Å². The molecule has 1 fully saturated rings.